The van der Waals surface area contributed by atoms with Gasteiger partial charge in [-0.1, -0.05) is 12.1 Å². The Labute approximate surface area is 97.3 Å². The summed E-state index contributed by atoms with van der Waals surface area (Å²) in [6.45, 7) is -1.05. The quantitative estimate of drug-likeness (QED) is 0.870. The lowest BCUT2D eigenvalue weighted by molar-refractivity contribution is -0.176. The van der Waals surface area contributed by atoms with E-state index >= 15 is 0 Å². The SMILES string of the molecule is COc1cc(COCC(F)(F)F)ccc1CN. The first kappa shape index (κ1) is 13.8. The van der Waals surface area contributed by atoms with Crippen molar-refractivity contribution in [1.29, 1.82) is 0 Å². The number of hydrogen-bond donors (Lipinski definition) is 1. The van der Waals surface area contributed by atoms with Gasteiger partial charge in [-0.05, 0) is 11.6 Å². The van der Waals surface area contributed by atoms with Crippen molar-refractivity contribution in [3.05, 3.63) is 29.3 Å². The summed E-state index contributed by atoms with van der Waals surface area (Å²) < 4.78 is 45.2. The molecule has 0 amide bonds. The topological polar surface area (TPSA) is 44.5 Å². The van der Waals surface area contributed by atoms with Gasteiger partial charge in [0.2, 0.25) is 0 Å². The Kier molecular flexibility index (Phi) is 4.77. The smallest absolute Gasteiger partial charge is 0.411 e. The van der Waals surface area contributed by atoms with E-state index in [0.717, 1.165) is 5.56 Å². The highest BCUT2D eigenvalue weighted by molar-refractivity contribution is 5.37. The molecular formula is C11H14F3NO2. The average molecular weight is 249 g/mol. The van der Waals surface area contributed by atoms with Crippen molar-refractivity contribution in [2.24, 2.45) is 5.73 Å². The van der Waals surface area contributed by atoms with E-state index in [1.54, 1.807) is 18.2 Å². The third-order valence-corrected chi connectivity index (χ3v) is 2.11. The molecule has 1 aromatic carbocycles. The summed E-state index contributed by atoms with van der Waals surface area (Å²) in [5, 5.41) is 0. The summed E-state index contributed by atoms with van der Waals surface area (Å²) in [6, 6.07) is 5.00. The first-order valence-electron chi connectivity index (χ1n) is 4.96. The first-order chi connectivity index (χ1) is 7.96. The minimum Gasteiger partial charge on any atom is -0.496 e. The summed E-state index contributed by atoms with van der Waals surface area (Å²) in [5.41, 5.74) is 6.89. The Morgan fingerprint density at radius 1 is 1.29 bits per heavy atom. The monoisotopic (exact) mass is 249 g/mol. The molecule has 0 heterocycles. The maximum atomic E-state index is 11.9. The molecule has 6 heteroatoms. The second-order valence-corrected chi connectivity index (χ2v) is 3.46. The minimum atomic E-state index is -4.30. The molecule has 17 heavy (non-hydrogen) atoms. The molecule has 0 radical (unpaired) electrons. The minimum absolute atomic E-state index is 0.110. The Morgan fingerprint density at radius 3 is 2.53 bits per heavy atom. The van der Waals surface area contributed by atoms with Gasteiger partial charge in [-0.3, -0.25) is 0 Å². The molecule has 2 N–H and O–H groups in total. The molecule has 0 aliphatic rings. The van der Waals surface area contributed by atoms with Crippen molar-refractivity contribution in [1.82, 2.24) is 0 Å². The van der Waals surface area contributed by atoms with Crippen LogP contribution in [0.15, 0.2) is 18.2 Å². The van der Waals surface area contributed by atoms with Gasteiger partial charge >= 0.3 is 6.18 Å². The van der Waals surface area contributed by atoms with Crippen LogP contribution in [0, 0.1) is 0 Å². The summed E-state index contributed by atoms with van der Waals surface area (Å²) in [7, 11) is 1.48. The van der Waals surface area contributed by atoms with E-state index in [-0.39, 0.29) is 6.61 Å². The van der Waals surface area contributed by atoms with E-state index < -0.39 is 12.8 Å². The van der Waals surface area contributed by atoms with Crippen LogP contribution in [0.25, 0.3) is 0 Å². The fourth-order valence-electron chi connectivity index (χ4n) is 1.33. The molecule has 0 fully saturated rings. The normalized spacial score (nSPS) is 11.6. The second kappa shape index (κ2) is 5.88. The van der Waals surface area contributed by atoms with Crippen molar-refractivity contribution in [3.63, 3.8) is 0 Å². The predicted octanol–water partition coefficient (Wildman–Crippen LogP) is 2.23. The Bertz CT molecular complexity index is 366. The van der Waals surface area contributed by atoms with Crippen molar-refractivity contribution >= 4 is 0 Å². The van der Waals surface area contributed by atoms with Gasteiger partial charge in [-0.15, -0.1) is 0 Å². The molecule has 1 aromatic rings. The summed E-state index contributed by atoms with van der Waals surface area (Å²) in [4.78, 5) is 0. The van der Waals surface area contributed by atoms with Crippen molar-refractivity contribution < 1.29 is 22.6 Å². The molecule has 0 aromatic heterocycles. The first-order valence-corrected chi connectivity index (χ1v) is 4.96. The maximum absolute atomic E-state index is 11.9. The highest BCUT2D eigenvalue weighted by Crippen LogP contribution is 2.21. The fourth-order valence-corrected chi connectivity index (χ4v) is 1.33. The van der Waals surface area contributed by atoms with Crippen LogP contribution in [0.4, 0.5) is 13.2 Å². The molecule has 0 spiro atoms. The van der Waals surface area contributed by atoms with Crippen LogP contribution >= 0.6 is 0 Å². The van der Waals surface area contributed by atoms with Crippen LogP contribution in [-0.2, 0) is 17.9 Å². The van der Waals surface area contributed by atoms with Crippen LogP contribution in [0.3, 0.4) is 0 Å². The van der Waals surface area contributed by atoms with Gasteiger partial charge in [0.05, 0.1) is 13.7 Å². The van der Waals surface area contributed by atoms with Gasteiger partial charge in [-0.2, -0.15) is 13.2 Å². The molecule has 1 rings (SSSR count). The Balaban J connectivity index is 2.60. The Morgan fingerprint density at radius 2 is 2.00 bits per heavy atom. The number of nitrogens with two attached hydrogens (primary N) is 1. The van der Waals surface area contributed by atoms with Gasteiger partial charge in [-0.25, -0.2) is 0 Å². The van der Waals surface area contributed by atoms with Crippen molar-refractivity contribution in [3.8, 4) is 5.75 Å². The van der Waals surface area contributed by atoms with Crippen LogP contribution in [0.5, 0.6) is 5.75 Å². The van der Waals surface area contributed by atoms with Crippen LogP contribution in [0.1, 0.15) is 11.1 Å². The van der Waals surface area contributed by atoms with E-state index in [2.05, 4.69) is 4.74 Å². The number of ether oxygens (including phenoxy) is 2. The van der Waals surface area contributed by atoms with Crippen LogP contribution < -0.4 is 10.5 Å². The third-order valence-electron chi connectivity index (χ3n) is 2.11. The highest BCUT2D eigenvalue weighted by Gasteiger charge is 2.27. The van der Waals surface area contributed by atoms with E-state index in [0.29, 0.717) is 17.9 Å². The zero-order chi connectivity index (χ0) is 12.9. The molecular weight excluding hydrogens is 235 g/mol. The number of rotatable bonds is 5. The van der Waals surface area contributed by atoms with Gasteiger partial charge in [0, 0.05) is 12.1 Å². The molecule has 0 unspecified atom stereocenters. The lowest BCUT2D eigenvalue weighted by atomic mass is 10.1. The van der Waals surface area contributed by atoms with Gasteiger partial charge < -0.3 is 15.2 Å². The fraction of sp³-hybridized carbons (Fsp3) is 0.455. The van der Waals surface area contributed by atoms with Gasteiger partial charge in [0.15, 0.2) is 0 Å². The van der Waals surface area contributed by atoms with Gasteiger partial charge in [0.25, 0.3) is 0 Å². The number of hydrogen-bond acceptors (Lipinski definition) is 3. The third kappa shape index (κ3) is 4.62. The second-order valence-electron chi connectivity index (χ2n) is 3.46. The lowest BCUT2D eigenvalue weighted by Crippen LogP contribution is -2.16. The largest absolute Gasteiger partial charge is 0.496 e. The lowest BCUT2D eigenvalue weighted by Gasteiger charge is -2.10. The van der Waals surface area contributed by atoms with E-state index in [1.165, 1.54) is 7.11 Å². The zero-order valence-corrected chi connectivity index (χ0v) is 9.38. The highest BCUT2D eigenvalue weighted by atomic mass is 19.4. The maximum Gasteiger partial charge on any atom is 0.411 e. The molecule has 3 nitrogen and oxygen atoms in total. The summed E-state index contributed by atoms with van der Waals surface area (Å²) >= 11 is 0. The molecule has 0 saturated carbocycles. The van der Waals surface area contributed by atoms with Crippen molar-refractivity contribution in [2.45, 2.75) is 19.3 Å². The number of benzene rings is 1. The van der Waals surface area contributed by atoms with E-state index in [4.69, 9.17) is 10.5 Å². The number of methoxy groups -OCH3 is 1. The molecule has 96 valence electrons. The van der Waals surface area contributed by atoms with Crippen LogP contribution in [-0.4, -0.2) is 19.9 Å². The molecule has 0 saturated heterocycles. The summed E-state index contributed by atoms with van der Waals surface area (Å²) in [6.07, 6.45) is -4.30. The number of halogens is 3. The van der Waals surface area contributed by atoms with E-state index in [1.807, 2.05) is 0 Å². The molecule has 0 aliphatic carbocycles. The van der Waals surface area contributed by atoms with Gasteiger partial charge in [0.1, 0.15) is 12.4 Å². The molecule has 0 bridgehead atoms. The molecule has 0 aliphatic heterocycles. The van der Waals surface area contributed by atoms with Crippen LogP contribution in [0.2, 0.25) is 0 Å². The zero-order valence-electron chi connectivity index (χ0n) is 9.38. The van der Waals surface area contributed by atoms with Crippen molar-refractivity contribution in [2.75, 3.05) is 13.7 Å². The number of alkyl halides is 3. The van der Waals surface area contributed by atoms with E-state index in [9.17, 15) is 13.2 Å². The standard InChI is InChI=1S/C11H14F3NO2/c1-16-10-4-8(2-3-9(10)5-15)6-17-7-11(12,13)14/h2-4H,5-7,15H2,1H3. The average Bonchev–Trinajstić information content (AvgIpc) is 2.27. The predicted molar refractivity (Wildman–Crippen MR) is 56.6 cm³/mol. The Hall–Kier alpha value is -1.27. The molecule has 0 atom stereocenters. The summed E-state index contributed by atoms with van der Waals surface area (Å²) in [5.74, 6) is 0.556.